The minimum Gasteiger partial charge on any atom is -0.355 e. The normalized spacial score (nSPS) is 16.7. The third kappa shape index (κ3) is 4.08. The van der Waals surface area contributed by atoms with Gasteiger partial charge in [-0.1, -0.05) is 0 Å². The molecule has 0 bridgehead atoms. The van der Waals surface area contributed by atoms with E-state index in [9.17, 15) is 22.0 Å². The molecule has 0 aromatic rings. The van der Waals surface area contributed by atoms with E-state index < -0.39 is 15.8 Å². The molecule has 1 saturated carbocycles. The van der Waals surface area contributed by atoms with Gasteiger partial charge >= 0.3 is 5.76 Å². The summed E-state index contributed by atoms with van der Waals surface area (Å²) in [5.74, 6) is -3.56. The van der Waals surface area contributed by atoms with Gasteiger partial charge in [0.25, 0.3) is 10.0 Å². The van der Waals surface area contributed by atoms with Crippen molar-refractivity contribution in [3.8, 4) is 0 Å². The van der Waals surface area contributed by atoms with Crippen LogP contribution < -0.4 is 10.0 Å². The van der Waals surface area contributed by atoms with E-state index in [4.69, 9.17) is 0 Å². The highest BCUT2D eigenvalue weighted by Crippen LogP contribution is 2.28. The molecule has 1 aliphatic carbocycles. The third-order valence-electron chi connectivity index (χ3n) is 1.91. The quantitative estimate of drug-likeness (QED) is 0.625. The summed E-state index contributed by atoms with van der Waals surface area (Å²) >= 11 is 0. The van der Waals surface area contributed by atoms with E-state index in [2.05, 4.69) is 5.32 Å². The monoisotopic (exact) mass is 242 g/mol. The molecule has 0 heterocycles. The van der Waals surface area contributed by atoms with Gasteiger partial charge in [-0.05, 0) is 12.8 Å². The zero-order chi connectivity index (χ0) is 11.5. The number of nitrogens with one attached hydrogen (secondary N) is 2. The molecule has 0 unspecified atom stereocenters. The fraction of sp³-hybridized carbons (Fsp3) is 0.857. The number of alkyl halides is 2. The largest absolute Gasteiger partial charge is 0.355 e. The van der Waals surface area contributed by atoms with E-state index in [1.165, 1.54) is 0 Å². The second kappa shape index (κ2) is 4.84. The van der Waals surface area contributed by atoms with Crippen LogP contribution in [-0.2, 0) is 14.8 Å². The lowest BCUT2D eigenvalue weighted by molar-refractivity contribution is -0.122. The summed E-state index contributed by atoms with van der Waals surface area (Å²) in [4.78, 5) is 11.0. The zero-order valence-electron chi connectivity index (χ0n) is 7.87. The van der Waals surface area contributed by atoms with Gasteiger partial charge in [0.1, 0.15) is 0 Å². The standard InChI is InChI=1S/C7H12F2N2O3S/c8-7(9)15(13,14)11-4-3-10-6(12)5-1-2-5/h5,7,11H,1-4H2,(H,10,12). The van der Waals surface area contributed by atoms with E-state index in [1.807, 2.05) is 0 Å². The Morgan fingerprint density at radius 3 is 2.40 bits per heavy atom. The molecule has 1 aliphatic rings. The SMILES string of the molecule is O=C(NCCNS(=O)(=O)C(F)F)C1CC1. The summed E-state index contributed by atoms with van der Waals surface area (Å²) in [7, 11) is -4.54. The Balaban J connectivity index is 2.13. The van der Waals surface area contributed by atoms with Gasteiger partial charge in [-0.25, -0.2) is 13.1 Å². The lowest BCUT2D eigenvalue weighted by Crippen LogP contribution is -2.37. The number of carbonyl (C=O) groups is 1. The smallest absolute Gasteiger partial charge is 0.350 e. The summed E-state index contributed by atoms with van der Waals surface area (Å²) in [6.45, 7) is -0.188. The topological polar surface area (TPSA) is 75.3 Å². The van der Waals surface area contributed by atoms with Crippen molar-refractivity contribution in [1.29, 1.82) is 0 Å². The number of halogens is 2. The molecule has 0 atom stereocenters. The average Bonchev–Trinajstić information content (AvgIpc) is 2.94. The molecule has 0 spiro atoms. The Kier molecular flexibility index (Phi) is 3.97. The molecule has 1 amide bonds. The molecular formula is C7H12F2N2O3S. The molecule has 5 nitrogen and oxygen atoms in total. The molecule has 88 valence electrons. The number of sulfonamides is 1. The van der Waals surface area contributed by atoms with Gasteiger partial charge in [0.2, 0.25) is 5.91 Å². The molecule has 2 N–H and O–H groups in total. The minimum absolute atomic E-state index is 0.0247. The molecule has 0 aromatic heterocycles. The highest BCUT2D eigenvalue weighted by Gasteiger charge is 2.29. The van der Waals surface area contributed by atoms with E-state index >= 15 is 0 Å². The van der Waals surface area contributed by atoms with Gasteiger partial charge in [0, 0.05) is 19.0 Å². The lowest BCUT2D eigenvalue weighted by Gasteiger charge is -2.06. The van der Waals surface area contributed by atoms with Crippen molar-refractivity contribution in [3.63, 3.8) is 0 Å². The van der Waals surface area contributed by atoms with Crippen LogP contribution in [0.2, 0.25) is 0 Å². The maximum atomic E-state index is 11.8. The van der Waals surface area contributed by atoms with Crippen molar-refractivity contribution >= 4 is 15.9 Å². The first-order valence-corrected chi connectivity index (χ1v) is 6.02. The summed E-state index contributed by atoms with van der Waals surface area (Å²) < 4.78 is 46.4. The molecule has 1 rings (SSSR count). The maximum Gasteiger partial charge on any atom is 0.350 e. The van der Waals surface area contributed by atoms with Gasteiger partial charge in [0.15, 0.2) is 0 Å². The molecule has 0 aliphatic heterocycles. The first-order valence-electron chi connectivity index (χ1n) is 4.48. The van der Waals surface area contributed by atoms with E-state index in [0.29, 0.717) is 0 Å². The van der Waals surface area contributed by atoms with Gasteiger partial charge in [-0.15, -0.1) is 0 Å². The van der Waals surface area contributed by atoms with E-state index in [-0.39, 0.29) is 24.9 Å². The Bertz CT molecular complexity index is 327. The first kappa shape index (κ1) is 12.3. The van der Waals surface area contributed by atoms with Crippen molar-refractivity contribution in [1.82, 2.24) is 10.0 Å². The third-order valence-corrected chi connectivity index (χ3v) is 2.99. The van der Waals surface area contributed by atoms with Crippen LogP contribution in [-0.4, -0.2) is 33.2 Å². The molecule has 15 heavy (non-hydrogen) atoms. The van der Waals surface area contributed by atoms with E-state index in [0.717, 1.165) is 12.8 Å². The minimum atomic E-state index is -4.54. The Morgan fingerprint density at radius 2 is 1.93 bits per heavy atom. The van der Waals surface area contributed by atoms with E-state index in [1.54, 1.807) is 4.72 Å². The molecular weight excluding hydrogens is 230 g/mol. The summed E-state index contributed by atoms with van der Waals surface area (Å²) in [6, 6.07) is 0. The second-order valence-electron chi connectivity index (χ2n) is 3.27. The molecule has 8 heteroatoms. The lowest BCUT2D eigenvalue weighted by atomic mass is 10.4. The van der Waals surface area contributed by atoms with Gasteiger partial charge in [-0.2, -0.15) is 8.78 Å². The van der Waals surface area contributed by atoms with Crippen LogP contribution in [0.25, 0.3) is 0 Å². The summed E-state index contributed by atoms with van der Waals surface area (Å²) in [5.41, 5.74) is 0. The van der Waals surface area contributed by atoms with Crippen LogP contribution in [0.1, 0.15) is 12.8 Å². The number of amides is 1. The Morgan fingerprint density at radius 1 is 1.33 bits per heavy atom. The molecule has 0 radical (unpaired) electrons. The van der Waals surface area contributed by atoms with Gasteiger partial charge in [0.05, 0.1) is 0 Å². The zero-order valence-corrected chi connectivity index (χ0v) is 8.69. The predicted octanol–water partition coefficient (Wildman–Crippen LogP) is -0.345. The maximum absolute atomic E-state index is 11.8. The predicted molar refractivity (Wildman–Crippen MR) is 48.7 cm³/mol. The second-order valence-corrected chi connectivity index (χ2v) is 5.00. The van der Waals surface area contributed by atoms with Crippen LogP contribution in [0.5, 0.6) is 0 Å². The highest BCUT2D eigenvalue weighted by atomic mass is 32.2. The van der Waals surface area contributed by atoms with Crippen molar-refractivity contribution in [2.24, 2.45) is 5.92 Å². The van der Waals surface area contributed by atoms with Crippen molar-refractivity contribution < 1.29 is 22.0 Å². The van der Waals surface area contributed by atoms with Crippen LogP contribution in [0, 0.1) is 5.92 Å². The summed E-state index contributed by atoms with van der Waals surface area (Å²) in [6.07, 6.45) is 1.68. The fourth-order valence-electron chi connectivity index (χ4n) is 0.932. The van der Waals surface area contributed by atoms with Crippen LogP contribution >= 0.6 is 0 Å². The number of carbonyl (C=O) groups excluding carboxylic acids is 1. The van der Waals surface area contributed by atoms with Crippen LogP contribution in [0.4, 0.5) is 8.78 Å². The number of hydrogen-bond donors (Lipinski definition) is 2. The van der Waals surface area contributed by atoms with Crippen molar-refractivity contribution in [3.05, 3.63) is 0 Å². The summed E-state index contributed by atoms with van der Waals surface area (Å²) in [5, 5.41) is 2.45. The van der Waals surface area contributed by atoms with Crippen molar-refractivity contribution in [2.45, 2.75) is 18.6 Å². The molecule has 1 fully saturated rings. The molecule has 0 saturated heterocycles. The van der Waals surface area contributed by atoms with Gasteiger partial charge in [-0.3, -0.25) is 4.79 Å². The Labute approximate surface area is 86.3 Å². The van der Waals surface area contributed by atoms with Gasteiger partial charge < -0.3 is 5.32 Å². The molecule has 0 aromatic carbocycles. The Hall–Kier alpha value is -0.760. The van der Waals surface area contributed by atoms with Crippen LogP contribution in [0.3, 0.4) is 0 Å². The number of rotatable bonds is 6. The number of hydrogen-bond acceptors (Lipinski definition) is 3. The first-order chi connectivity index (χ1) is 6.93. The average molecular weight is 242 g/mol. The van der Waals surface area contributed by atoms with Crippen molar-refractivity contribution in [2.75, 3.05) is 13.1 Å². The highest BCUT2D eigenvalue weighted by molar-refractivity contribution is 7.89. The van der Waals surface area contributed by atoms with Crippen LogP contribution in [0.15, 0.2) is 0 Å². The fourth-order valence-corrected chi connectivity index (χ4v) is 1.44.